The minimum absolute atomic E-state index is 0.194. The van der Waals surface area contributed by atoms with E-state index in [-0.39, 0.29) is 5.41 Å². The third kappa shape index (κ3) is 2.10. The zero-order valence-electron chi connectivity index (χ0n) is 15.5. The lowest BCUT2D eigenvalue weighted by Gasteiger charge is -2.34. The van der Waals surface area contributed by atoms with Crippen molar-refractivity contribution in [3.63, 3.8) is 0 Å². The van der Waals surface area contributed by atoms with E-state index in [1.165, 1.54) is 44.6 Å². The van der Waals surface area contributed by atoms with Crippen LogP contribution in [0.1, 0.15) is 30.9 Å². The third-order valence-electron chi connectivity index (χ3n) is 5.87. The molecule has 0 saturated carbocycles. The number of hydrogen-bond acceptors (Lipinski definition) is 1. The summed E-state index contributed by atoms with van der Waals surface area (Å²) in [5.74, 6) is 0. The average molecular weight is 357 g/mol. The largest absolute Gasteiger partial charge is 0.137 e. The quantitative estimate of drug-likeness (QED) is 0.530. The summed E-state index contributed by atoms with van der Waals surface area (Å²) in [6.07, 6.45) is 15.2. The summed E-state index contributed by atoms with van der Waals surface area (Å²) in [6, 6.07) is 8.91. The molecular formula is C25H24S. The van der Waals surface area contributed by atoms with Crippen LogP contribution in [0.3, 0.4) is 0 Å². The summed E-state index contributed by atoms with van der Waals surface area (Å²) in [5, 5.41) is 2.31. The Morgan fingerprint density at radius 2 is 2.04 bits per heavy atom. The summed E-state index contributed by atoms with van der Waals surface area (Å²) >= 11 is 1.77. The maximum atomic E-state index is 4.48. The molecule has 0 amide bonds. The van der Waals surface area contributed by atoms with Gasteiger partial charge in [0, 0.05) is 0 Å². The average Bonchev–Trinajstić information content (AvgIpc) is 3.08. The van der Waals surface area contributed by atoms with Gasteiger partial charge >= 0.3 is 0 Å². The molecule has 1 unspecified atom stereocenters. The highest BCUT2D eigenvalue weighted by Crippen LogP contribution is 2.63. The second kappa shape index (κ2) is 6.48. The molecule has 3 aliphatic rings. The van der Waals surface area contributed by atoms with Gasteiger partial charge in [-0.15, -0.1) is 11.8 Å². The van der Waals surface area contributed by atoms with Gasteiger partial charge in [-0.05, 0) is 76.0 Å². The van der Waals surface area contributed by atoms with Crippen molar-refractivity contribution in [1.29, 1.82) is 0 Å². The number of hydrogen-bond donors (Lipinski definition) is 0. The highest BCUT2D eigenvalue weighted by atomic mass is 32.2. The molecule has 1 aromatic rings. The van der Waals surface area contributed by atoms with E-state index in [9.17, 15) is 0 Å². The maximum Gasteiger partial charge on any atom is 0.0690 e. The molecule has 0 bridgehead atoms. The Balaban J connectivity index is 2.14. The van der Waals surface area contributed by atoms with Gasteiger partial charge in [-0.3, -0.25) is 0 Å². The van der Waals surface area contributed by atoms with Crippen LogP contribution in [0.25, 0.3) is 5.57 Å². The van der Waals surface area contributed by atoms with E-state index in [0.717, 1.165) is 12.8 Å². The standard InChI is InChI=1S/C25H24S/c1-5-6-13-21-17(2)18(3)24(16-26-4)25(21)22-14-9-7-11-19(22)20-12-8-10-15-23(20)25/h5-9,11-14,16H,1,3,10,15H2,2,4H3/b13-6-,24-16+. The molecule has 0 aromatic heterocycles. The van der Waals surface area contributed by atoms with Gasteiger partial charge in [-0.2, -0.15) is 0 Å². The monoisotopic (exact) mass is 356 g/mol. The molecule has 0 fully saturated rings. The van der Waals surface area contributed by atoms with E-state index >= 15 is 0 Å². The zero-order valence-corrected chi connectivity index (χ0v) is 16.3. The Kier molecular flexibility index (Phi) is 4.28. The van der Waals surface area contributed by atoms with Crippen molar-refractivity contribution in [2.24, 2.45) is 0 Å². The van der Waals surface area contributed by atoms with Crippen molar-refractivity contribution >= 4 is 17.3 Å². The van der Waals surface area contributed by atoms with Crippen LogP contribution < -0.4 is 0 Å². The SMILES string of the molecule is C=C/C=C\C1=C(C)C(=C)/C(=C\SC)C12C1=C(C=CCC1)c1ccccc12. The van der Waals surface area contributed by atoms with Crippen molar-refractivity contribution in [2.75, 3.05) is 6.26 Å². The van der Waals surface area contributed by atoms with E-state index < -0.39 is 0 Å². The Labute approximate surface area is 161 Å². The summed E-state index contributed by atoms with van der Waals surface area (Å²) in [4.78, 5) is 0. The minimum Gasteiger partial charge on any atom is -0.137 e. The Morgan fingerprint density at radius 3 is 2.81 bits per heavy atom. The first kappa shape index (κ1) is 17.2. The molecule has 0 aliphatic heterocycles. The first-order valence-electron chi connectivity index (χ1n) is 9.11. The molecule has 130 valence electrons. The summed E-state index contributed by atoms with van der Waals surface area (Å²) in [6.45, 7) is 10.6. The second-order valence-electron chi connectivity index (χ2n) is 7.01. The smallest absolute Gasteiger partial charge is 0.0690 e. The van der Waals surface area contributed by atoms with E-state index in [0.29, 0.717) is 0 Å². The fraction of sp³-hybridized carbons (Fsp3) is 0.200. The molecule has 0 N–H and O–H groups in total. The Hall–Kier alpha value is -2.25. The van der Waals surface area contributed by atoms with Crippen LogP contribution in [0.2, 0.25) is 0 Å². The van der Waals surface area contributed by atoms with E-state index in [1.54, 1.807) is 11.8 Å². The van der Waals surface area contributed by atoms with Gasteiger partial charge in [0.05, 0.1) is 5.41 Å². The summed E-state index contributed by atoms with van der Waals surface area (Å²) in [7, 11) is 0. The topological polar surface area (TPSA) is 0 Å². The van der Waals surface area contributed by atoms with Crippen LogP contribution in [-0.2, 0) is 5.41 Å². The van der Waals surface area contributed by atoms with Crippen molar-refractivity contribution in [1.82, 2.24) is 0 Å². The number of allylic oxidation sites excluding steroid dienone is 11. The van der Waals surface area contributed by atoms with Crippen molar-refractivity contribution in [3.8, 4) is 0 Å². The van der Waals surface area contributed by atoms with Gasteiger partial charge in [-0.25, -0.2) is 0 Å². The van der Waals surface area contributed by atoms with Crippen molar-refractivity contribution in [2.45, 2.75) is 25.2 Å². The molecule has 0 heterocycles. The molecule has 3 aliphatic carbocycles. The fourth-order valence-electron chi connectivity index (χ4n) is 4.84. The first-order chi connectivity index (χ1) is 12.7. The Bertz CT molecular complexity index is 962. The highest BCUT2D eigenvalue weighted by Gasteiger charge is 2.53. The number of benzene rings is 1. The van der Waals surface area contributed by atoms with Gasteiger partial charge in [0.2, 0.25) is 0 Å². The van der Waals surface area contributed by atoms with Gasteiger partial charge in [0.15, 0.2) is 0 Å². The minimum atomic E-state index is -0.194. The third-order valence-corrected chi connectivity index (χ3v) is 6.34. The molecule has 4 rings (SSSR count). The van der Waals surface area contributed by atoms with Crippen LogP contribution in [-0.4, -0.2) is 6.26 Å². The molecule has 1 aromatic carbocycles. The van der Waals surface area contributed by atoms with Crippen LogP contribution in [0, 0.1) is 0 Å². The van der Waals surface area contributed by atoms with Crippen LogP contribution in [0.15, 0.2) is 101 Å². The molecule has 0 saturated heterocycles. The predicted molar refractivity (Wildman–Crippen MR) is 116 cm³/mol. The zero-order chi connectivity index (χ0) is 18.3. The number of fused-ring (bicyclic) bond motifs is 4. The Morgan fingerprint density at radius 1 is 1.23 bits per heavy atom. The molecule has 26 heavy (non-hydrogen) atoms. The molecule has 1 atom stereocenters. The van der Waals surface area contributed by atoms with Gasteiger partial charge < -0.3 is 0 Å². The summed E-state index contributed by atoms with van der Waals surface area (Å²) < 4.78 is 0. The molecule has 1 heteroatoms. The predicted octanol–water partition coefficient (Wildman–Crippen LogP) is 6.92. The van der Waals surface area contributed by atoms with E-state index in [1.807, 2.05) is 6.08 Å². The molecule has 0 radical (unpaired) electrons. The molecule has 1 spiro atoms. The maximum absolute atomic E-state index is 4.48. The van der Waals surface area contributed by atoms with Gasteiger partial charge in [0.1, 0.15) is 0 Å². The van der Waals surface area contributed by atoms with Crippen molar-refractivity contribution < 1.29 is 0 Å². The lowest BCUT2D eigenvalue weighted by Crippen LogP contribution is -2.28. The van der Waals surface area contributed by atoms with Gasteiger partial charge in [0.25, 0.3) is 0 Å². The summed E-state index contributed by atoms with van der Waals surface area (Å²) in [5.41, 5.74) is 10.7. The second-order valence-corrected chi connectivity index (χ2v) is 7.72. The van der Waals surface area contributed by atoms with Crippen LogP contribution in [0.4, 0.5) is 0 Å². The lowest BCUT2D eigenvalue weighted by molar-refractivity contribution is 0.707. The highest BCUT2D eigenvalue weighted by molar-refractivity contribution is 8.01. The lowest BCUT2D eigenvalue weighted by atomic mass is 9.67. The van der Waals surface area contributed by atoms with E-state index in [2.05, 4.69) is 80.3 Å². The van der Waals surface area contributed by atoms with Crippen LogP contribution in [0.5, 0.6) is 0 Å². The van der Waals surface area contributed by atoms with E-state index in [4.69, 9.17) is 0 Å². The molecular weight excluding hydrogens is 332 g/mol. The normalized spacial score (nSPS) is 25.8. The fourth-order valence-corrected chi connectivity index (χ4v) is 5.39. The number of thioether (sulfide) groups is 1. The molecule has 0 nitrogen and oxygen atoms in total. The van der Waals surface area contributed by atoms with Crippen LogP contribution >= 0.6 is 11.8 Å². The first-order valence-corrected chi connectivity index (χ1v) is 10.4. The number of rotatable bonds is 3. The van der Waals surface area contributed by atoms with Crippen molar-refractivity contribution in [3.05, 3.63) is 112 Å². The van der Waals surface area contributed by atoms with Gasteiger partial charge in [-0.1, -0.05) is 67.8 Å².